The lowest BCUT2D eigenvalue weighted by molar-refractivity contribution is 0.0680. The lowest BCUT2D eigenvalue weighted by Crippen LogP contribution is -2.40. The van der Waals surface area contributed by atoms with E-state index in [0.29, 0.717) is 0 Å². The summed E-state index contributed by atoms with van der Waals surface area (Å²) < 4.78 is 8.30. The third-order valence-electron chi connectivity index (χ3n) is 5.43. The zero-order chi connectivity index (χ0) is 14.7. The summed E-state index contributed by atoms with van der Waals surface area (Å²) in [5.41, 5.74) is 3.90. The average molecular weight is 277 g/mol. The number of aryl methyl sites for hydroxylation is 1. The Morgan fingerprint density at radius 1 is 1.35 bits per heavy atom. The summed E-state index contributed by atoms with van der Waals surface area (Å²) in [5, 5.41) is 10.5. The first-order chi connectivity index (χ1) is 9.24. The van der Waals surface area contributed by atoms with Crippen LogP contribution in [0.3, 0.4) is 0 Å². The number of rotatable bonds is 1. The van der Waals surface area contributed by atoms with Crippen LogP contribution in [0.1, 0.15) is 63.6 Å². The van der Waals surface area contributed by atoms with E-state index in [9.17, 15) is 5.11 Å². The molecule has 1 fully saturated rings. The Bertz CT molecular complexity index is 531. The average Bonchev–Trinajstić information content (AvgIpc) is 2.80. The predicted octanol–water partition coefficient (Wildman–Crippen LogP) is 3.33. The summed E-state index contributed by atoms with van der Waals surface area (Å²) in [5.74, 6) is 0. The highest BCUT2D eigenvalue weighted by Gasteiger charge is 2.43. The minimum Gasteiger partial charge on any atom is -0.388 e. The summed E-state index contributed by atoms with van der Waals surface area (Å²) in [6.45, 7) is 12.0. The number of hydrogen-bond acceptors (Lipinski definition) is 2. The molecule has 2 heterocycles. The second-order valence-corrected chi connectivity index (χ2v) is 7.70. The Balaban J connectivity index is 2.14. The third kappa shape index (κ3) is 1.94. The molecule has 112 valence electrons. The second-order valence-electron chi connectivity index (χ2n) is 7.70. The van der Waals surface area contributed by atoms with Gasteiger partial charge < -0.3 is 14.4 Å². The van der Waals surface area contributed by atoms with Crippen molar-refractivity contribution in [1.82, 2.24) is 4.57 Å². The van der Waals surface area contributed by atoms with Gasteiger partial charge in [-0.25, -0.2) is 0 Å². The Labute approximate surface area is 121 Å². The number of hydrogen-bond donors (Lipinski definition) is 1. The van der Waals surface area contributed by atoms with Crippen LogP contribution in [-0.2, 0) is 16.7 Å². The van der Waals surface area contributed by atoms with Gasteiger partial charge in [-0.1, -0.05) is 13.8 Å². The van der Waals surface area contributed by atoms with Crippen molar-refractivity contribution in [2.75, 3.05) is 6.61 Å². The molecule has 0 aromatic carbocycles. The van der Waals surface area contributed by atoms with E-state index >= 15 is 0 Å². The van der Waals surface area contributed by atoms with E-state index in [4.69, 9.17) is 4.74 Å². The van der Waals surface area contributed by atoms with Crippen LogP contribution >= 0.6 is 0 Å². The van der Waals surface area contributed by atoms with Crippen LogP contribution < -0.4 is 0 Å². The number of aliphatic hydroxyl groups is 1. The smallest absolute Gasteiger partial charge is 0.0812 e. The lowest BCUT2D eigenvalue weighted by Gasteiger charge is -2.39. The van der Waals surface area contributed by atoms with Gasteiger partial charge in [0.25, 0.3) is 0 Å². The molecule has 3 heteroatoms. The van der Waals surface area contributed by atoms with E-state index in [1.165, 1.54) is 11.4 Å². The fourth-order valence-electron chi connectivity index (χ4n) is 4.17. The van der Waals surface area contributed by atoms with Gasteiger partial charge in [-0.3, -0.25) is 0 Å². The first-order valence-corrected chi connectivity index (χ1v) is 7.76. The normalized spacial score (nSPS) is 36.1. The van der Waals surface area contributed by atoms with Crippen molar-refractivity contribution in [2.24, 2.45) is 5.41 Å². The van der Waals surface area contributed by atoms with E-state index in [0.717, 1.165) is 31.4 Å². The van der Waals surface area contributed by atoms with Crippen LogP contribution in [0, 0.1) is 12.3 Å². The van der Waals surface area contributed by atoms with E-state index < -0.39 is 0 Å². The minimum absolute atomic E-state index is 0.0187. The summed E-state index contributed by atoms with van der Waals surface area (Å²) in [4.78, 5) is 0. The van der Waals surface area contributed by atoms with E-state index in [1.54, 1.807) is 0 Å². The molecule has 0 saturated carbocycles. The van der Waals surface area contributed by atoms with Gasteiger partial charge in [0.1, 0.15) is 0 Å². The molecule has 0 spiro atoms. The van der Waals surface area contributed by atoms with Crippen molar-refractivity contribution >= 4 is 0 Å². The Hall–Kier alpha value is -0.800. The molecule has 1 aromatic heterocycles. The molecular weight excluding hydrogens is 250 g/mol. The molecule has 3 unspecified atom stereocenters. The molecule has 1 N–H and O–H groups in total. The minimum atomic E-state index is -0.324. The van der Waals surface area contributed by atoms with Crippen molar-refractivity contribution in [1.29, 1.82) is 0 Å². The fraction of sp³-hybridized carbons (Fsp3) is 0.765. The van der Waals surface area contributed by atoms with Gasteiger partial charge >= 0.3 is 0 Å². The van der Waals surface area contributed by atoms with E-state index in [-0.39, 0.29) is 23.2 Å². The number of ether oxygens (including phenoxy) is 1. The molecule has 2 aliphatic rings. The summed E-state index contributed by atoms with van der Waals surface area (Å²) in [6.07, 6.45) is 2.84. The third-order valence-corrected chi connectivity index (χ3v) is 5.43. The molecule has 0 bridgehead atoms. The van der Waals surface area contributed by atoms with E-state index in [2.05, 4.69) is 45.3 Å². The molecule has 1 saturated heterocycles. The van der Waals surface area contributed by atoms with Gasteiger partial charge in [0.05, 0.1) is 17.7 Å². The van der Waals surface area contributed by atoms with Gasteiger partial charge in [-0.15, -0.1) is 0 Å². The van der Waals surface area contributed by atoms with E-state index in [1.807, 2.05) is 0 Å². The molecule has 3 rings (SSSR count). The highest BCUT2D eigenvalue weighted by atomic mass is 16.5. The Morgan fingerprint density at radius 3 is 2.65 bits per heavy atom. The van der Waals surface area contributed by atoms with Gasteiger partial charge in [-0.05, 0) is 51.5 Å². The van der Waals surface area contributed by atoms with Crippen LogP contribution in [0.2, 0.25) is 0 Å². The van der Waals surface area contributed by atoms with Gasteiger partial charge in [0, 0.05) is 23.6 Å². The van der Waals surface area contributed by atoms with Gasteiger partial charge in [0.15, 0.2) is 0 Å². The molecule has 3 nitrogen and oxygen atoms in total. The molecule has 20 heavy (non-hydrogen) atoms. The van der Waals surface area contributed by atoms with Crippen molar-refractivity contribution < 1.29 is 9.84 Å². The summed E-state index contributed by atoms with van der Waals surface area (Å²) in [6, 6.07) is 2.19. The van der Waals surface area contributed by atoms with Crippen molar-refractivity contribution in [3.8, 4) is 0 Å². The molecule has 3 atom stereocenters. The van der Waals surface area contributed by atoms with Crippen LogP contribution in [0.25, 0.3) is 0 Å². The number of nitrogens with zero attached hydrogens (tertiary/aromatic N) is 1. The molecule has 1 aliphatic heterocycles. The summed E-state index contributed by atoms with van der Waals surface area (Å²) >= 11 is 0. The van der Waals surface area contributed by atoms with Crippen molar-refractivity contribution in [3.05, 3.63) is 23.0 Å². The molecule has 1 aromatic rings. The fourth-order valence-corrected chi connectivity index (χ4v) is 4.17. The predicted molar refractivity (Wildman–Crippen MR) is 79.9 cm³/mol. The van der Waals surface area contributed by atoms with Crippen molar-refractivity contribution in [3.63, 3.8) is 0 Å². The highest BCUT2D eigenvalue weighted by Crippen LogP contribution is 2.45. The standard InChI is InChI=1S/C17H27NO2/c1-11-8-13-14(9-16(3,4)10-15(13)19)18(11)17(5)6-7-20-12(17)2/h8,12,15,19H,6-7,9-10H2,1-5H3. The number of aromatic nitrogens is 1. The van der Waals surface area contributed by atoms with Crippen LogP contribution in [0.5, 0.6) is 0 Å². The molecular formula is C17H27NO2. The quantitative estimate of drug-likeness (QED) is 0.854. The lowest BCUT2D eigenvalue weighted by atomic mass is 9.75. The number of aliphatic hydroxyl groups excluding tert-OH is 1. The van der Waals surface area contributed by atoms with Gasteiger partial charge in [-0.2, -0.15) is 0 Å². The first kappa shape index (κ1) is 14.2. The SMILES string of the molecule is Cc1cc2c(n1C1(C)CCOC1C)CC(C)(C)CC2O. The van der Waals surface area contributed by atoms with Crippen LogP contribution in [0.4, 0.5) is 0 Å². The van der Waals surface area contributed by atoms with Crippen molar-refractivity contribution in [2.45, 2.75) is 71.6 Å². The molecule has 0 amide bonds. The molecule has 1 aliphatic carbocycles. The van der Waals surface area contributed by atoms with Gasteiger partial charge in [0.2, 0.25) is 0 Å². The Kier molecular flexibility index (Phi) is 3.07. The maximum absolute atomic E-state index is 10.5. The van der Waals surface area contributed by atoms with Crippen LogP contribution in [0.15, 0.2) is 6.07 Å². The zero-order valence-corrected chi connectivity index (χ0v) is 13.4. The maximum atomic E-state index is 10.5. The topological polar surface area (TPSA) is 34.4 Å². The maximum Gasteiger partial charge on any atom is 0.0812 e. The molecule has 0 radical (unpaired) electrons. The largest absolute Gasteiger partial charge is 0.388 e. The Morgan fingerprint density at radius 2 is 2.05 bits per heavy atom. The number of fused-ring (bicyclic) bond motifs is 1. The summed E-state index contributed by atoms with van der Waals surface area (Å²) in [7, 11) is 0. The second kappa shape index (κ2) is 4.35. The highest BCUT2D eigenvalue weighted by molar-refractivity contribution is 5.35. The monoisotopic (exact) mass is 277 g/mol. The zero-order valence-electron chi connectivity index (χ0n) is 13.4. The van der Waals surface area contributed by atoms with Crippen LogP contribution in [-0.4, -0.2) is 22.4 Å². The first-order valence-electron chi connectivity index (χ1n) is 7.76.